The van der Waals surface area contributed by atoms with Crippen LogP contribution in [-0.2, 0) is 0 Å². The van der Waals surface area contributed by atoms with E-state index in [0.29, 0.717) is 11.6 Å². The Labute approximate surface area is 97.0 Å². The van der Waals surface area contributed by atoms with Crippen LogP contribution in [0.2, 0.25) is 5.02 Å². The predicted octanol–water partition coefficient (Wildman–Crippen LogP) is 4.18. The highest BCUT2D eigenvalue weighted by Gasteiger charge is 2.07. The van der Waals surface area contributed by atoms with Crippen LogP contribution in [0.1, 0.15) is 13.3 Å². The Balaban J connectivity index is 2.90. The Kier molecular flexibility index (Phi) is 4.42. The number of rotatable bonds is 3. The van der Waals surface area contributed by atoms with Crippen LogP contribution in [0.25, 0.3) is 0 Å². The van der Waals surface area contributed by atoms with Gasteiger partial charge in [0, 0.05) is 0 Å². The lowest BCUT2D eigenvalue weighted by Gasteiger charge is -2.09. The molecule has 0 fully saturated rings. The van der Waals surface area contributed by atoms with Gasteiger partial charge in [-0.1, -0.05) is 18.5 Å². The van der Waals surface area contributed by atoms with Crippen molar-refractivity contribution in [3.63, 3.8) is 0 Å². The fourth-order valence-electron chi connectivity index (χ4n) is 0.851. The first-order valence-electron chi connectivity index (χ1n) is 3.96. The SMILES string of the molecule is CCCOc1ccc(Cl)c(Br)c1S. The zero-order valence-electron chi connectivity index (χ0n) is 7.18. The van der Waals surface area contributed by atoms with Crippen molar-refractivity contribution in [2.45, 2.75) is 18.2 Å². The molecule has 0 N–H and O–H groups in total. The Morgan fingerprint density at radius 3 is 2.85 bits per heavy atom. The van der Waals surface area contributed by atoms with Gasteiger partial charge in [-0.25, -0.2) is 0 Å². The summed E-state index contributed by atoms with van der Waals surface area (Å²) in [5, 5.41) is 0.647. The average Bonchev–Trinajstić information content (AvgIpc) is 2.13. The molecule has 0 unspecified atom stereocenters. The Bertz CT molecular complexity index is 304. The van der Waals surface area contributed by atoms with E-state index in [-0.39, 0.29) is 0 Å². The lowest BCUT2D eigenvalue weighted by atomic mass is 10.3. The normalized spacial score (nSPS) is 10.2. The van der Waals surface area contributed by atoms with Crippen molar-refractivity contribution in [1.82, 2.24) is 0 Å². The summed E-state index contributed by atoms with van der Waals surface area (Å²) in [5.41, 5.74) is 0. The van der Waals surface area contributed by atoms with Crippen molar-refractivity contribution < 1.29 is 4.74 Å². The van der Waals surface area contributed by atoms with Gasteiger partial charge >= 0.3 is 0 Å². The molecule has 0 amide bonds. The van der Waals surface area contributed by atoms with Crippen molar-refractivity contribution >= 4 is 40.2 Å². The maximum Gasteiger partial charge on any atom is 0.133 e. The van der Waals surface area contributed by atoms with Gasteiger partial charge in [0.2, 0.25) is 0 Å². The van der Waals surface area contributed by atoms with Gasteiger partial charge < -0.3 is 4.74 Å². The minimum absolute atomic E-state index is 0.647. The third-order valence-electron chi connectivity index (χ3n) is 1.49. The standard InChI is InChI=1S/C9H10BrClOS/c1-2-5-12-7-4-3-6(11)8(10)9(7)13/h3-4,13H,2,5H2,1H3. The molecule has 1 aromatic carbocycles. The summed E-state index contributed by atoms with van der Waals surface area (Å²) in [6.45, 7) is 2.75. The smallest absolute Gasteiger partial charge is 0.133 e. The second-order valence-corrected chi connectivity index (χ2v) is 4.20. The van der Waals surface area contributed by atoms with Gasteiger partial charge in [-0.05, 0) is 34.5 Å². The lowest BCUT2D eigenvalue weighted by Crippen LogP contribution is -1.96. The Hall–Kier alpha value is 0.140. The molecule has 72 valence electrons. The first-order valence-corrected chi connectivity index (χ1v) is 5.58. The maximum atomic E-state index is 5.87. The fourth-order valence-corrected chi connectivity index (χ4v) is 1.66. The largest absolute Gasteiger partial charge is 0.492 e. The minimum atomic E-state index is 0.647. The second-order valence-electron chi connectivity index (χ2n) is 2.56. The molecule has 0 aromatic heterocycles. The molecule has 1 nitrogen and oxygen atoms in total. The van der Waals surface area contributed by atoms with Gasteiger partial charge in [-0.3, -0.25) is 0 Å². The van der Waals surface area contributed by atoms with E-state index < -0.39 is 0 Å². The summed E-state index contributed by atoms with van der Waals surface area (Å²) >= 11 is 13.5. The molecule has 0 saturated heterocycles. The highest BCUT2D eigenvalue weighted by Crippen LogP contribution is 2.35. The van der Waals surface area contributed by atoms with Gasteiger partial charge in [0.25, 0.3) is 0 Å². The van der Waals surface area contributed by atoms with E-state index in [9.17, 15) is 0 Å². The van der Waals surface area contributed by atoms with E-state index in [1.165, 1.54) is 0 Å². The average molecular weight is 282 g/mol. The molecule has 0 aliphatic rings. The van der Waals surface area contributed by atoms with E-state index in [4.69, 9.17) is 16.3 Å². The summed E-state index contributed by atoms with van der Waals surface area (Å²) in [7, 11) is 0. The first kappa shape index (κ1) is 11.2. The molecular weight excluding hydrogens is 272 g/mol. The molecular formula is C9H10BrClOS. The third kappa shape index (κ3) is 2.79. The van der Waals surface area contributed by atoms with Gasteiger partial charge in [-0.15, -0.1) is 12.6 Å². The molecule has 13 heavy (non-hydrogen) atoms. The molecule has 0 bridgehead atoms. The number of hydrogen-bond acceptors (Lipinski definition) is 2. The van der Waals surface area contributed by atoms with Gasteiger partial charge in [-0.2, -0.15) is 0 Å². The van der Waals surface area contributed by atoms with E-state index in [2.05, 4.69) is 35.5 Å². The summed E-state index contributed by atoms with van der Waals surface area (Å²) in [5.74, 6) is 0.765. The van der Waals surface area contributed by atoms with Crippen molar-refractivity contribution in [2.24, 2.45) is 0 Å². The molecule has 0 saturated carbocycles. The van der Waals surface area contributed by atoms with E-state index in [0.717, 1.165) is 21.5 Å². The van der Waals surface area contributed by atoms with Crippen molar-refractivity contribution in [3.05, 3.63) is 21.6 Å². The van der Waals surface area contributed by atoms with Gasteiger partial charge in [0.05, 0.1) is 21.0 Å². The summed E-state index contributed by atoms with van der Waals surface area (Å²) in [4.78, 5) is 0.751. The number of hydrogen-bond donors (Lipinski definition) is 1. The molecule has 0 aliphatic heterocycles. The molecule has 0 radical (unpaired) electrons. The maximum absolute atomic E-state index is 5.87. The molecule has 0 atom stereocenters. The summed E-state index contributed by atoms with van der Waals surface area (Å²) in [6, 6.07) is 3.61. The van der Waals surface area contributed by atoms with E-state index >= 15 is 0 Å². The molecule has 4 heteroatoms. The molecule has 0 aliphatic carbocycles. The van der Waals surface area contributed by atoms with Crippen LogP contribution >= 0.6 is 40.2 Å². The van der Waals surface area contributed by atoms with E-state index in [1.807, 2.05) is 6.07 Å². The summed E-state index contributed by atoms with van der Waals surface area (Å²) < 4.78 is 6.24. The molecule has 0 spiro atoms. The van der Waals surface area contributed by atoms with Crippen molar-refractivity contribution in [2.75, 3.05) is 6.61 Å². The zero-order valence-corrected chi connectivity index (χ0v) is 10.4. The van der Waals surface area contributed by atoms with Gasteiger partial charge in [0.15, 0.2) is 0 Å². The quantitative estimate of drug-likeness (QED) is 0.818. The third-order valence-corrected chi connectivity index (χ3v) is 3.61. The lowest BCUT2D eigenvalue weighted by molar-refractivity contribution is 0.310. The first-order chi connectivity index (χ1) is 6.16. The van der Waals surface area contributed by atoms with E-state index in [1.54, 1.807) is 6.07 Å². The Morgan fingerprint density at radius 2 is 2.23 bits per heavy atom. The predicted molar refractivity (Wildman–Crippen MR) is 62.2 cm³/mol. The summed E-state index contributed by atoms with van der Waals surface area (Å²) in [6.07, 6.45) is 0.980. The number of halogens is 2. The van der Waals surface area contributed by atoms with Crippen LogP contribution in [0.3, 0.4) is 0 Å². The van der Waals surface area contributed by atoms with Crippen LogP contribution < -0.4 is 4.74 Å². The van der Waals surface area contributed by atoms with Crippen LogP contribution in [0.15, 0.2) is 21.5 Å². The number of benzene rings is 1. The number of thiol groups is 1. The van der Waals surface area contributed by atoms with Gasteiger partial charge in [0.1, 0.15) is 5.75 Å². The number of ether oxygens (including phenoxy) is 1. The van der Waals surface area contributed by atoms with Crippen LogP contribution in [-0.4, -0.2) is 6.61 Å². The monoisotopic (exact) mass is 280 g/mol. The fraction of sp³-hybridized carbons (Fsp3) is 0.333. The zero-order chi connectivity index (χ0) is 9.84. The van der Waals surface area contributed by atoms with Crippen molar-refractivity contribution in [3.8, 4) is 5.75 Å². The highest BCUT2D eigenvalue weighted by molar-refractivity contribution is 9.10. The van der Waals surface area contributed by atoms with Crippen LogP contribution in [0, 0.1) is 0 Å². The van der Waals surface area contributed by atoms with Crippen molar-refractivity contribution in [1.29, 1.82) is 0 Å². The molecule has 1 aromatic rings. The molecule has 1 rings (SSSR count). The van der Waals surface area contributed by atoms with Crippen LogP contribution in [0.5, 0.6) is 5.75 Å². The second kappa shape index (κ2) is 5.13. The molecule has 0 heterocycles. The van der Waals surface area contributed by atoms with Crippen LogP contribution in [0.4, 0.5) is 0 Å². The highest BCUT2D eigenvalue weighted by atomic mass is 79.9. The topological polar surface area (TPSA) is 9.23 Å². The Morgan fingerprint density at radius 1 is 1.54 bits per heavy atom. The minimum Gasteiger partial charge on any atom is -0.492 e.